The molecule has 0 fully saturated rings. The Labute approximate surface area is 373 Å². The molecule has 0 bridgehead atoms. The second-order valence-corrected chi connectivity index (χ2v) is 16.5. The van der Waals surface area contributed by atoms with Crippen LogP contribution in [0.4, 0.5) is 0 Å². The van der Waals surface area contributed by atoms with Crippen LogP contribution in [0.1, 0.15) is 22.3 Å². The fraction of sp³-hybridized carbons (Fsp3) is 0.0175. The van der Waals surface area contributed by atoms with Crippen LogP contribution in [0.2, 0.25) is 0 Å². The van der Waals surface area contributed by atoms with Crippen LogP contribution < -0.4 is 0 Å². The van der Waals surface area contributed by atoms with E-state index < -0.39 is 5.41 Å². The van der Waals surface area contributed by atoms with Crippen LogP contribution >= 0.6 is 0 Å². The summed E-state index contributed by atoms with van der Waals surface area (Å²) in [5.41, 5.74) is 17.5. The van der Waals surface area contributed by atoms with Gasteiger partial charge in [-0.3, -0.25) is 9.97 Å². The van der Waals surface area contributed by atoms with Crippen molar-refractivity contribution < 1.29 is 0 Å². The fourth-order valence-electron chi connectivity index (χ4n) is 9.92. The van der Waals surface area contributed by atoms with Gasteiger partial charge in [0.05, 0.1) is 38.9 Å². The van der Waals surface area contributed by atoms with E-state index in [1.54, 1.807) is 12.7 Å². The highest BCUT2D eigenvalue weighted by Crippen LogP contribution is 2.57. The summed E-state index contributed by atoms with van der Waals surface area (Å²) in [5.74, 6) is 0. The number of hydrogen-bond acceptors (Lipinski definition) is 8. The minimum absolute atomic E-state index is 0.757. The Kier molecular flexibility index (Phi) is 8.26. The van der Waals surface area contributed by atoms with E-state index in [1.807, 2.05) is 49.3 Å². The van der Waals surface area contributed by atoms with E-state index in [9.17, 15) is 0 Å². The lowest BCUT2D eigenvalue weighted by Gasteiger charge is -2.34. The average Bonchev–Trinajstić information content (AvgIpc) is 3.68. The standard InChI is InChI=1S/C57H34N8/c1-3-37-5-7-39-15-23-51(64-55(39)53(37)62-25-1)35-9-17-45(18-10-35)57(46-19-11-36(12-20-46)52-24-16-40-8-6-38-4-2-26-63-54(38)56(40)65-52)49-27-41(43-29-58-33-59-30-43)13-21-47(49)48-22-14-42(28-50(48)57)44-31-60-34-61-32-44/h1-34H. The van der Waals surface area contributed by atoms with E-state index >= 15 is 0 Å². The number of hydrogen-bond donors (Lipinski definition) is 0. The highest BCUT2D eigenvalue weighted by Gasteiger charge is 2.46. The van der Waals surface area contributed by atoms with E-state index in [4.69, 9.17) is 19.9 Å². The third-order valence-electron chi connectivity index (χ3n) is 13.0. The molecule has 8 nitrogen and oxygen atoms in total. The van der Waals surface area contributed by atoms with Gasteiger partial charge in [0.2, 0.25) is 0 Å². The predicted molar refractivity (Wildman–Crippen MR) is 258 cm³/mol. The van der Waals surface area contributed by atoms with Crippen LogP contribution in [0, 0.1) is 0 Å². The van der Waals surface area contributed by atoms with E-state index in [2.05, 4.69) is 166 Å². The molecule has 0 aliphatic heterocycles. The maximum Gasteiger partial charge on any atom is 0.115 e. The van der Waals surface area contributed by atoms with Gasteiger partial charge in [-0.05, 0) is 80.9 Å². The summed E-state index contributed by atoms with van der Waals surface area (Å²) in [6, 6.07) is 56.4. The summed E-state index contributed by atoms with van der Waals surface area (Å²) in [4.78, 5) is 37.5. The van der Waals surface area contributed by atoms with Crippen molar-refractivity contribution >= 4 is 43.6 Å². The Bertz CT molecular complexity index is 3570. The quantitative estimate of drug-likeness (QED) is 0.153. The molecule has 0 N–H and O–H groups in total. The Morgan fingerprint density at radius 1 is 0.323 bits per heavy atom. The topological polar surface area (TPSA) is 103 Å². The number of fused-ring (bicyclic) bond motifs is 9. The third kappa shape index (κ3) is 5.85. The van der Waals surface area contributed by atoms with Crippen molar-refractivity contribution in [3.63, 3.8) is 0 Å². The van der Waals surface area contributed by atoms with Crippen molar-refractivity contribution in [2.24, 2.45) is 0 Å². The molecule has 0 spiro atoms. The molecule has 12 aromatic rings. The molecule has 1 aliphatic carbocycles. The van der Waals surface area contributed by atoms with Gasteiger partial charge in [0, 0.05) is 81.0 Å². The molecule has 302 valence electrons. The number of benzene rings is 6. The van der Waals surface area contributed by atoms with Gasteiger partial charge in [-0.1, -0.05) is 121 Å². The first kappa shape index (κ1) is 36.7. The van der Waals surface area contributed by atoms with Crippen LogP contribution in [-0.4, -0.2) is 39.9 Å². The minimum Gasteiger partial charge on any atom is -0.254 e. The van der Waals surface area contributed by atoms with Gasteiger partial charge in [0.1, 0.15) is 12.7 Å². The van der Waals surface area contributed by atoms with Gasteiger partial charge in [-0.25, -0.2) is 29.9 Å². The lowest BCUT2D eigenvalue weighted by atomic mass is 9.67. The van der Waals surface area contributed by atoms with Gasteiger partial charge < -0.3 is 0 Å². The number of rotatable bonds is 6. The van der Waals surface area contributed by atoms with Crippen molar-refractivity contribution in [1.82, 2.24) is 39.9 Å². The monoisotopic (exact) mass is 830 g/mol. The van der Waals surface area contributed by atoms with Crippen LogP contribution in [0.25, 0.3) is 99.5 Å². The van der Waals surface area contributed by atoms with Gasteiger partial charge in [-0.2, -0.15) is 0 Å². The van der Waals surface area contributed by atoms with E-state index in [0.29, 0.717) is 0 Å². The van der Waals surface area contributed by atoms with E-state index in [0.717, 1.165) is 111 Å². The lowest BCUT2D eigenvalue weighted by Crippen LogP contribution is -2.28. The van der Waals surface area contributed by atoms with Gasteiger partial charge >= 0.3 is 0 Å². The normalized spacial score (nSPS) is 12.7. The molecular weight excluding hydrogens is 797 g/mol. The number of aromatic nitrogens is 8. The molecule has 0 amide bonds. The second-order valence-electron chi connectivity index (χ2n) is 16.5. The number of nitrogens with zero attached hydrogens (tertiary/aromatic N) is 8. The Balaban J connectivity index is 1.03. The molecule has 6 aromatic heterocycles. The maximum absolute atomic E-state index is 5.22. The largest absolute Gasteiger partial charge is 0.254 e. The fourth-order valence-corrected chi connectivity index (χ4v) is 9.92. The third-order valence-corrected chi connectivity index (χ3v) is 13.0. The summed E-state index contributed by atoms with van der Waals surface area (Å²) in [5, 5.41) is 4.25. The molecule has 0 radical (unpaired) electrons. The molecule has 8 heteroatoms. The van der Waals surface area contributed by atoms with E-state index in [1.165, 1.54) is 11.1 Å². The van der Waals surface area contributed by atoms with Crippen LogP contribution in [0.5, 0.6) is 0 Å². The Morgan fingerprint density at radius 2 is 0.708 bits per heavy atom. The molecule has 0 saturated carbocycles. The smallest absolute Gasteiger partial charge is 0.115 e. The van der Waals surface area contributed by atoms with E-state index in [-0.39, 0.29) is 0 Å². The maximum atomic E-state index is 5.22. The highest BCUT2D eigenvalue weighted by atomic mass is 14.8. The Morgan fingerprint density at radius 3 is 1.14 bits per heavy atom. The molecule has 6 heterocycles. The van der Waals surface area contributed by atoms with Crippen molar-refractivity contribution in [3.8, 4) is 55.9 Å². The van der Waals surface area contributed by atoms with Crippen molar-refractivity contribution in [3.05, 3.63) is 230 Å². The summed E-state index contributed by atoms with van der Waals surface area (Å²) in [6.45, 7) is 0. The summed E-state index contributed by atoms with van der Waals surface area (Å²) in [7, 11) is 0. The summed E-state index contributed by atoms with van der Waals surface area (Å²) < 4.78 is 0. The molecule has 65 heavy (non-hydrogen) atoms. The zero-order valence-electron chi connectivity index (χ0n) is 34.7. The second kappa shape index (κ2) is 14.6. The molecule has 0 unspecified atom stereocenters. The summed E-state index contributed by atoms with van der Waals surface area (Å²) >= 11 is 0. The molecule has 1 aliphatic rings. The van der Waals surface area contributed by atoms with Crippen molar-refractivity contribution in [2.75, 3.05) is 0 Å². The zero-order valence-corrected chi connectivity index (χ0v) is 34.7. The van der Waals surface area contributed by atoms with Crippen LogP contribution in [0.3, 0.4) is 0 Å². The highest BCUT2D eigenvalue weighted by molar-refractivity contribution is 6.04. The molecule has 6 aromatic carbocycles. The summed E-state index contributed by atoms with van der Waals surface area (Å²) in [6.07, 6.45) is 14.3. The van der Waals surface area contributed by atoms with Crippen molar-refractivity contribution in [1.29, 1.82) is 0 Å². The Hall–Kier alpha value is -8.88. The average molecular weight is 831 g/mol. The molecular formula is C57H34N8. The SMILES string of the molecule is c1cnc2c(c1)ccc1ccc(-c3ccc(C4(c5ccc(-c6ccc7ccc8cccnc8c7n6)cc5)c5cc(-c6cncnc6)ccc5-c5ccc(-c6cncnc6)cc54)cc3)nc12. The number of pyridine rings is 4. The first-order chi connectivity index (χ1) is 32.2. The minimum atomic E-state index is -0.757. The van der Waals surface area contributed by atoms with Gasteiger partial charge in [0.25, 0.3) is 0 Å². The zero-order chi connectivity index (χ0) is 42.9. The molecule has 0 saturated heterocycles. The van der Waals surface area contributed by atoms with Gasteiger partial charge in [0.15, 0.2) is 0 Å². The first-order valence-corrected chi connectivity index (χ1v) is 21.5. The predicted octanol–water partition coefficient (Wildman–Crippen LogP) is 12.5. The molecule has 0 atom stereocenters. The molecule has 13 rings (SSSR count). The lowest BCUT2D eigenvalue weighted by molar-refractivity contribution is 0.769. The van der Waals surface area contributed by atoms with Gasteiger partial charge in [-0.15, -0.1) is 0 Å². The van der Waals surface area contributed by atoms with Crippen molar-refractivity contribution in [2.45, 2.75) is 5.41 Å². The van der Waals surface area contributed by atoms with Crippen LogP contribution in [0.15, 0.2) is 208 Å². The first-order valence-electron chi connectivity index (χ1n) is 21.5. The van der Waals surface area contributed by atoms with Crippen LogP contribution in [-0.2, 0) is 5.41 Å².